The van der Waals surface area contributed by atoms with E-state index in [4.69, 9.17) is 18.4 Å². The molecular formula is C11H4Cl2F5N2Ta-. The normalized spacial score (nSPS) is 10.4. The van der Waals surface area contributed by atoms with E-state index in [1.165, 1.54) is 18.3 Å². The molecule has 1 aromatic carbocycles. The first kappa shape index (κ1) is 18.2. The van der Waals surface area contributed by atoms with Crippen molar-refractivity contribution in [3.63, 3.8) is 0 Å². The van der Waals surface area contributed by atoms with E-state index in [1.54, 1.807) is 0 Å². The maximum absolute atomic E-state index is 13.2. The summed E-state index contributed by atoms with van der Waals surface area (Å²) in [5.41, 5.74) is -1.01. The van der Waals surface area contributed by atoms with Crippen LogP contribution in [0.25, 0.3) is 0 Å². The van der Waals surface area contributed by atoms with Crippen LogP contribution in [0.1, 0.15) is 5.69 Å². The molecule has 0 bridgehead atoms. The van der Waals surface area contributed by atoms with E-state index in [2.05, 4.69) is 9.98 Å². The Kier molecular flexibility index (Phi) is 7.41. The number of halogens is 7. The van der Waals surface area contributed by atoms with Crippen molar-refractivity contribution in [2.75, 3.05) is 0 Å². The van der Waals surface area contributed by atoms with Gasteiger partial charge in [0.05, 0.1) is 0 Å². The van der Waals surface area contributed by atoms with Gasteiger partial charge in [-0.1, -0.05) is 12.1 Å². The first-order chi connectivity index (χ1) is 9.93. The number of rotatable bonds is 2. The van der Waals surface area contributed by atoms with Gasteiger partial charge in [-0.2, -0.15) is 6.20 Å². The topological polar surface area (TPSA) is 26.5 Å². The molecule has 21 heavy (non-hydrogen) atoms. The van der Waals surface area contributed by atoms with E-state index in [-0.39, 0.29) is 5.69 Å². The zero-order chi connectivity index (χ0) is 16.0. The van der Waals surface area contributed by atoms with Crippen molar-refractivity contribution in [2.24, 2.45) is 4.99 Å². The van der Waals surface area contributed by atoms with Crippen molar-refractivity contribution in [3.8, 4) is 0 Å². The second-order valence-electron chi connectivity index (χ2n) is 3.30. The summed E-state index contributed by atoms with van der Waals surface area (Å²) < 4.78 is 64.7. The molecule has 0 radical (unpaired) electrons. The fourth-order valence-electron chi connectivity index (χ4n) is 1.23. The first-order valence-corrected chi connectivity index (χ1v) is 13.0. The Morgan fingerprint density at radius 1 is 0.952 bits per heavy atom. The van der Waals surface area contributed by atoms with Crippen LogP contribution in [-0.2, 0) is 17.6 Å². The van der Waals surface area contributed by atoms with Gasteiger partial charge in [0.15, 0.2) is 23.3 Å². The number of nitrogens with zero attached hydrogens (tertiary/aromatic N) is 2. The third kappa shape index (κ3) is 4.55. The Bertz CT molecular complexity index is 605. The molecule has 2 nitrogen and oxygen atoms in total. The van der Waals surface area contributed by atoms with Crippen LogP contribution in [0.2, 0.25) is 0 Å². The van der Waals surface area contributed by atoms with Gasteiger partial charge in [-0.3, -0.25) is 4.99 Å². The van der Waals surface area contributed by atoms with Gasteiger partial charge in [-0.25, -0.2) is 22.0 Å². The van der Waals surface area contributed by atoms with Crippen molar-refractivity contribution in [1.29, 1.82) is 0 Å². The minimum atomic E-state index is -2.21. The van der Waals surface area contributed by atoms with Crippen molar-refractivity contribution < 1.29 is 39.5 Å². The van der Waals surface area contributed by atoms with E-state index >= 15 is 0 Å². The summed E-state index contributed by atoms with van der Waals surface area (Å²) in [5, 5.41) is 0. The fraction of sp³-hybridized carbons (Fsp3) is 0. The van der Waals surface area contributed by atoms with Gasteiger partial charge in [0.1, 0.15) is 5.69 Å². The molecule has 0 N–H and O–H groups in total. The van der Waals surface area contributed by atoms with Gasteiger partial charge >= 0.3 is 36.0 Å². The van der Waals surface area contributed by atoms with Crippen LogP contribution in [0, 0.1) is 29.1 Å². The molecule has 0 aliphatic carbocycles. The standard InChI is InChI=1S/C11H4F5N2.2ClH.Ta/c12-6-7(13)9(15)11(10(16)8(6)14)18-4-5-2-1-3-17-5;;;/h1-4H;2*1H;/q-1;;;+2/p-2. The molecule has 2 aromatic rings. The summed E-state index contributed by atoms with van der Waals surface area (Å²) in [5.74, 6) is -10.2. The average Bonchev–Trinajstić information content (AvgIpc) is 2.97. The summed E-state index contributed by atoms with van der Waals surface area (Å²) in [4.78, 5) is 6.92. The van der Waals surface area contributed by atoms with Gasteiger partial charge in [0.2, 0.25) is 5.82 Å². The van der Waals surface area contributed by atoms with E-state index in [9.17, 15) is 22.0 Å². The average molecular weight is 511 g/mol. The Morgan fingerprint density at radius 3 is 1.86 bits per heavy atom. The Hall–Kier alpha value is -0.860. The summed E-state index contributed by atoms with van der Waals surface area (Å²) >= 11 is -0.889. The number of hydrogen-bond donors (Lipinski definition) is 0. The quantitative estimate of drug-likeness (QED) is 0.253. The Morgan fingerprint density at radius 2 is 1.43 bits per heavy atom. The third-order valence-electron chi connectivity index (χ3n) is 2.09. The molecule has 0 aliphatic rings. The summed E-state index contributed by atoms with van der Waals surface area (Å²) in [7, 11) is 9.89. The minimum absolute atomic E-state index is 0.235. The number of aliphatic imine (C=N–C) groups is 1. The Labute approximate surface area is 133 Å². The van der Waals surface area contributed by atoms with E-state index in [0.717, 1.165) is 6.21 Å². The first-order valence-electron chi connectivity index (χ1n) is 4.99. The summed E-state index contributed by atoms with van der Waals surface area (Å²) in [6.45, 7) is 0. The molecule has 0 atom stereocenters. The Balaban J connectivity index is 0.000000677. The number of aromatic nitrogens is 1. The van der Waals surface area contributed by atoms with E-state index < -0.39 is 52.4 Å². The van der Waals surface area contributed by atoms with Crippen molar-refractivity contribution in [3.05, 3.63) is 53.1 Å². The SMILES string of the molecule is Fc1c(F)c(F)c(N=Cc2ccc[n-]2)c(F)c1F.[Cl][Ta][Cl]. The molecule has 0 saturated heterocycles. The van der Waals surface area contributed by atoms with Crippen LogP contribution >= 0.6 is 18.4 Å². The van der Waals surface area contributed by atoms with Crippen LogP contribution < -0.4 is 4.98 Å². The molecule has 0 amide bonds. The summed E-state index contributed by atoms with van der Waals surface area (Å²) in [6.07, 6.45) is 2.29. The molecule has 1 aromatic heterocycles. The predicted octanol–water partition coefficient (Wildman–Crippen LogP) is 4.47. The number of benzene rings is 1. The second-order valence-corrected chi connectivity index (χ2v) is 7.95. The molecule has 10 heteroatoms. The molecule has 0 saturated carbocycles. The van der Waals surface area contributed by atoms with Crippen LogP contribution in [0.4, 0.5) is 27.6 Å². The van der Waals surface area contributed by atoms with E-state index in [0.29, 0.717) is 0 Å². The number of hydrogen-bond acceptors (Lipinski definition) is 1. The van der Waals surface area contributed by atoms with Gasteiger partial charge in [0, 0.05) is 6.21 Å². The molecular weight excluding hydrogens is 507 g/mol. The van der Waals surface area contributed by atoms with Crippen LogP contribution in [0.15, 0.2) is 23.3 Å². The summed E-state index contributed by atoms with van der Waals surface area (Å²) in [6, 6.07) is 2.98. The molecule has 0 aliphatic heterocycles. The molecule has 0 unspecified atom stereocenters. The predicted molar refractivity (Wildman–Crippen MR) is 65.0 cm³/mol. The van der Waals surface area contributed by atoms with Crippen LogP contribution in [-0.4, -0.2) is 6.21 Å². The molecule has 0 fully saturated rings. The maximum atomic E-state index is 13.2. The monoisotopic (exact) mass is 510 g/mol. The van der Waals surface area contributed by atoms with Gasteiger partial charge < -0.3 is 4.98 Å². The van der Waals surface area contributed by atoms with Crippen LogP contribution in [0.5, 0.6) is 0 Å². The van der Waals surface area contributed by atoms with Crippen molar-refractivity contribution in [2.45, 2.75) is 0 Å². The van der Waals surface area contributed by atoms with Crippen LogP contribution in [0.3, 0.4) is 0 Å². The molecule has 0 spiro atoms. The third-order valence-corrected chi connectivity index (χ3v) is 2.09. The van der Waals surface area contributed by atoms with Gasteiger partial charge in [-0.05, 0) is 0 Å². The van der Waals surface area contributed by atoms with Gasteiger partial charge in [0.25, 0.3) is 0 Å². The van der Waals surface area contributed by atoms with E-state index in [1.807, 2.05) is 0 Å². The zero-order valence-corrected chi connectivity index (χ0v) is 14.5. The zero-order valence-electron chi connectivity index (χ0n) is 9.80. The van der Waals surface area contributed by atoms with Gasteiger partial charge in [-0.15, -0.1) is 5.69 Å². The van der Waals surface area contributed by atoms with Crippen molar-refractivity contribution in [1.82, 2.24) is 4.98 Å². The van der Waals surface area contributed by atoms with Crippen molar-refractivity contribution >= 4 is 30.3 Å². The molecule has 1 heterocycles. The molecule has 2 rings (SSSR count). The molecule has 113 valence electrons. The second kappa shape index (κ2) is 8.55. The fourth-order valence-corrected chi connectivity index (χ4v) is 1.23.